The molecule has 0 spiro atoms. The van der Waals surface area contributed by atoms with Crippen LogP contribution in [-0.2, 0) is 29.4 Å². The van der Waals surface area contributed by atoms with Crippen molar-refractivity contribution in [3.8, 4) is 0 Å². The Balaban J connectivity index is 1.71. The minimum absolute atomic E-state index is 0.0800. The number of anilines is 1. The van der Waals surface area contributed by atoms with Gasteiger partial charge in [0.15, 0.2) is 0 Å². The second-order valence-electron chi connectivity index (χ2n) is 9.11. The quantitative estimate of drug-likeness (QED) is 0.351. The summed E-state index contributed by atoms with van der Waals surface area (Å²) in [5.74, 6) is -0.427. The van der Waals surface area contributed by atoms with Gasteiger partial charge in [-0.2, -0.15) is 4.98 Å². The third-order valence-corrected chi connectivity index (χ3v) is 7.45. The molecule has 1 atom stereocenters. The molecule has 1 saturated heterocycles. The van der Waals surface area contributed by atoms with Gasteiger partial charge in [-0.25, -0.2) is 13.5 Å². The van der Waals surface area contributed by atoms with Crippen LogP contribution >= 0.6 is 15.9 Å². The molecule has 1 aromatic carbocycles. The van der Waals surface area contributed by atoms with E-state index in [2.05, 4.69) is 45.7 Å². The molecule has 1 aliphatic heterocycles. The summed E-state index contributed by atoms with van der Waals surface area (Å²) in [6.45, 7) is 7.50. The Kier molecular flexibility index (Phi) is 7.98. The lowest BCUT2D eigenvalue weighted by Crippen LogP contribution is -2.43. The number of halogens is 3. The molecule has 1 unspecified atom stereocenters. The van der Waals surface area contributed by atoms with Crippen molar-refractivity contribution < 1.29 is 18.3 Å². The van der Waals surface area contributed by atoms with E-state index in [0.717, 1.165) is 12.5 Å². The zero-order valence-corrected chi connectivity index (χ0v) is 20.8. The Bertz CT molecular complexity index is 919. The van der Waals surface area contributed by atoms with Gasteiger partial charge in [0, 0.05) is 27.1 Å². The van der Waals surface area contributed by atoms with Crippen molar-refractivity contribution in [3.05, 3.63) is 39.9 Å². The van der Waals surface area contributed by atoms with Crippen LogP contribution in [0.2, 0.25) is 25.7 Å². The summed E-state index contributed by atoms with van der Waals surface area (Å²) in [7, 11) is -1.20. The van der Waals surface area contributed by atoms with Gasteiger partial charge >= 0.3 is 0 Å². The van der Waals surface area contributed by atoms with Crippen molar-refractivity contribution >= 4 is 35.9 Å². The van der Waals surface area contributed by atoms with E-state index in [-0.39, 0.29) is 18.6 Å². The van der Waals surface area contributed by atoms with Crippen LogP contribution < -0.4 is 4.90 Å². The molecule has 1 aromatic heterocycles. The summed E-state index contributed by atoms with van der Waals surface area (Å²) in [5, 5.41) is 4.32. The number of rotatable bonds is 9. The van der Waals surface area contributed by atoms with Gasteiger partial charge < -0.3 is 4.74 Å². The average molecular weight is 515 g/mol. The number of carbonyl (C=O) groups is 1. The van der Waals surface area contributed by atoms with E-state index in [1.165, 1.54) is 12.1 Å². The number of nitrogens with zero attached hydrogens (tertiary/aromatic N) is 4. The van der Waals surface area contributed by atoms with Crippen molar-refractivity contribution in [2.24, 2.45) is 5.92 Å². The van der Waals surface area contributed by atoms with E-state index in [0.29, 0.717) is 47.8 Å². The maximum atomic E-state index is 13.4. The largest absolute Gasteiger partial charge is 0.359 e. The minimum Gasteiger partial charge on any atom is -0.359 e. The van der Waals surface area contributed by atoms with Gasteiger partial charge in [-0.3, -0.25) is 9.69 Å². The fourth-order valence-corrected chi connectivity index (χ4v) is 4.75. The first-order valence-corrected chi connectivity index (χ1v) is 15.0. The molecule has 1 fully saturated rings. The molecule has 2 aromatic rings. The number of hydrogen-bond acceptors (Lipinski definition) is 4. The first kappa shape index (κ1) is 24.0. The molecule has 10 heteroatoms. The smallest absolute Gasteiger partial charge is 0.233 e. The lowest BCUT2D eigenvalue weighted by molar-refractivity contribution is -0.123. The van der Waals surface area contributed by atoms with Gasteiger partial charge in [-0.1, -0.05) is 25.7 Å². The molecular weight excluding hydrogens is 486 g/mol. The van der Waals surface area contributed by atoms with Gasteiger partial charge in [0.25, 0.3) is 0 Å². The fraction of sp³-hybridized carbons (Fsp3) is 0.571. The monoisotopic (exact) mass is 514 g/mol. The van der Waals surface area contributed by atoms with Crippen LogP contribution in [0.15, 0.2) is 22.9 Å². The van der Waals surface area contributed by atoms with Gasteiger partial charge in [0.2, 0.25) is 16.6 Å². The number of amides is 1. The highest BCUT2D eigenvalue weighted by atomic mass is 79.9. The molecule has 0 saturated carbocycles. The molecule has 3 rings (SSSR count). The van der Waals surface area contributed by atoms with E-state index in [4.69, 9.17) is 4.74 Å². The zero-order valence-electron chi connectivity index (χ0n) is 18.2. The molecule has 2 heterocycles. The number of hydrogen-bond donors (Lipinski definition) is 0. The topological polar surface area (TPSA) is 60.2 Å². The molecule has 6 nitrogen and oxygen atoms in total. The van der Waals surface area contributed by atoms with E-state index in [1.807, 2.05) is 0 Å². The molecule has 0 radical (unpaired) electrons. The molecule has 0 bridgehead atoms. The second kappa shape index (κ2) is 10.3. The number of alkyl halides is 1. The summed E-state index contributed by atoms with van der Waals surface area (Å²) < 4.78 is 34.6. The molecule has 1 aliphatic rings. The number of carbonyl (C=O) groups excluding carboxylic acids is 1. The van der Waals surface area contributed by atoms with Crippen LogP contribution in [0.1, 0.15) is 24.0 Å². The summed E-state index contributed by atoms with van der Waals surface area (Å²) in [6.07, 6.45) is 1.86. The van der Waals surface area contributed by atoms with E-state index < -0.39 is 20.6 Å². The van der Waals surface area contributed by atoms with Crippen LogP contribution in [0, 0.1) is 11.7 Å². The maximum absolute atomic E-state index is 13.4. The summed E-state index contributed by atoms with van der Waals surface area (Å²) in [6, 6.07) is 5.12. The van der Waals surface area contributed by atoms with Gasteiger partial charge in [-0.15, -0.1) is 5.10 Å². The Hall–Kier alpha value is -1.65. The predicted octanol–water partition coefficient (Wildman–Crippen LogP) is 4.95. The van der Waals surface area contributed by atoms with Crippen molar-refractivity contribution in [1.82, 2.24) is 14.8 Å². The lowest BCUT2D eigenvalue weighted by atomic mass is 9.89. The van der Waals surface area contributed by atoms with Gasteiger partial charge in [-0.05, 0) is 64.5 Å². The Morgan fingerprint density at radius 2 is 2.06 bits per heavy atom. The van der Waals surface area contributed by atoms with Crippen molar-refractivity contribution in [2.45, 2.75) is 58.4 Å². The van der Waals surface area contributed by atoms with Crippen LogP contribution in [0.3, 0.4) is 0 Å². The van der Waals surface area contributed by atoms with Crippen LogP contribution in [0.4, 0.5) is 14.7 Å². The predicted molar refractivity (Wildman–Crippen MR) is 122 cm³/mol. The fourth-order valence-electron chi connectivity index (χ4n) is 3.64. The van der Waals surface area contributed by atoms with Crippen LogP contribution in [-0.4, -0.2) is 41.9 Å². The maximum Gasteiger partial charge on any atom is 0.233 e. The Morgan fingerprint density at radius 1 is 1.29 bits per heavy atom. The van der Waals surface area contributed by atoms with Crippen LogP contribution in [0.5, 0.6) is 0 Å². The lowest BCUT2D eigenvalue weighted by Gasteiger charge is -2.31. The highest BCUT2D eigenvalue weighted by Crippen LogP contribution is 2.28. The minimum atomic E-state index is -1.20. The number of aromatic nitrogens is 3. The molecular formula is C21H29BrF2N4O2Si. The standard InChI is InChI=1S/C21H29BrF2N4O2Si/c1-31(2,3)10-9-30-14-28-21(25-20(22)26-28)27-8-4-5-16(19(27)29)11-15-6-7-18(24)12-17(15)13-23/h6-7,12,16H,4-5,8-11,13-14H2,1-3H3. The molecule has 0 aliphatic carbocycles. The average Bonchev–Trinajstić information content (AvgIpc) is 3.07. The highest BCUT2D eigenvalue weighted by molar-refractivity contribution is 9.10. The Morgan fingerprint density at radius 3 is 2.77 bits per heavy atom. The summed E-state index contributed by atoms with van der Waals surface area (Å²) in [4.78, 5) is 19.3. The SMILES string of the molecule is C[Si](C)(C)CCOCn1nc(Br)nc1N1CCCC(Cc2ccc(F)cc2CF)C1=O. The zero-order chi connectivity index (χ0) is 22.6. The third kappa shape index (κ3) is 6.42. The second-order valence-corrected chi connectivity index (χ2v) is 15.4. The number of ether oxygens (including phenoxy) is 1. The third-order valence-electron chi connectivity index (χ3n) is 5.41. The first-order valence-electron chi connectivity index (χ1n) is 10.5. The van der Waals surface area contributed by atoms with Crippen LogP contribution in [0.25, 0.3) is 0 Å². The summed E-state index contributed by atoms with van der Waals surface area (Å²) >= 11 is 3.30. The van der Waals surface area contributed by atoms with Crippen molar-refractivity contribution in [2.75, 3.05) is 18.1 Å². The van der Waals surface area contributed by atoms with Crippen molar-refractivity contribution in [3.63, 3.8) is 0 Å². The van der Waals surface area contributed by atoms with Gasteiger partial charge in [0.1, 0.15) is 19.2 Å². The molecule has 1 amide bonds. The van der Waals surface area contributed by atoms with E-state index >= 15 is 0 Å². The first-order chi connectivity index (χ1) is 14.7. The Labute approximate surface area is 191 Å². The molecule has 0 N–H and O–H groups in total. The molecule has 170 valence electrons. The van der Waals surface area contributed by atoms with E-state index in [9.17, 15) is 13.6 Å². The highest BCUT2D eigenvalue weighted by Gasteiger charge is 2.33. The molecule has 31 heavy (non-hydrogen) atoms. The van der Waals surface area contributed by atoms with E-state index in [1.54, 1.807) is 15.6 Å². The number of benzene rings is 1. The van der Waals surface area contributed by atoms with Gasteiger partial charge in [0.05, 0.1) is 0 Å². The summed E-state index contributed by atoms with van der Waals surface area (Å²) in [5.41, 5.74) is 0.966. The normalized spacial score (nSPS) is 17.4. The number of piperidine rings is 1. The van der Waals surface area contributed by atoms with Crippen molar-refractivity contribution in [1.29, 1.82) is 0 Å².